The Bertz CT molecular complexity index is 677. The molecule has 0 saturated heterocycles. The van der Waals surface area contributed by atoms with E-state index in [9.17, 15) is 4.79 Å². The minimum atomic E-state index is -0.157. The van der Waals surface area contributed by atoms with Crippen LogP contribution in [0.15, 0.2) is 35.8 Å². The summed E-state index contributed by atoms with van der Waals surface area (Å²) in [4.78, 5) is 31.7. The van der Waals surface area contributed by atoms with Crippen molar-refractivity contribution >= 4 is 23.5 Å². The molecule has 0 atom stereocenters. The number of hydrogen-bond acceptors (Lipinski definition) is 5. The Kier molecular flexibility index (Phi) is 1.96. The summed E-state index contributed by atoms with van der Waals surface area (Å²) in [6.45, 7) is 1.38. The largest absolute Gasteiger partial charge is 0.348 e. The number of carbonyl (C=O) groups is 1. The molecule has 0 aromatic carbocycles. The number of nitrogens with zero attached hydrogens (tertiary/aromatic N) is 5. The normalized spacial score (nSPS) is 17.3. The van der Waals surface area contributed by atoms with E-state index < -0.39 is 0 Å². The molecule has 1 amide bonds. The lowest BCUT2D eigenvalue weighted by molar-refractivity contribution is 0.0999. The maximum atomic E-state index is 12.6. The number of aromatic amines is 1. The van der Waals surface area contributed by atoms with Crippen molar-refractivity contribution in [2.45, 2.75) is 0 Å². The van der Waals surface area contributed by atoms with Crippen molar-refractivity contribution in [3.05, 3.63) is 36.4 Å². The molecular formula is C12H10N6O. The van der Waals surface area contributed by atoms with E-state index in [0.29, 0.717) is 29.7 Å². The van der Waals surface area contributed by atoms with Crippen molar-refractivity contribution < 1.29 is 4.79 Å². The fourth-order valence-corrected chi connectivity index (χ4v) is 2.40. The molecule has 7 nitrogen and oxygen atoms in total. The zero-order chi connectivity index (χ0) is 12.8. The molecule has 4 rings (SSSR count). The van der Waals surface area contributed by atoms with Crippen LogP contribution in [0.4, 0.5) is 11.6 Å². The number of anilines is 2. The summed E-state index contributed by atoms with van der Waals surface area (Å²) in [5, 5.41) is 0. The summed E-state index contributed by atoms with van der Waals surface area (Å²) in [5.41, 5.74) is 0.498. The number of hydrogen-bond donors (Lipinski definition) is 1. The van der Waals surface area contributed by atoms with E-state index in [1.807, 2.05) is 17.0 Å². The highest BCUT2D eigenvalue weighted by molar-refractivity contribution is 6.31. The van der Waals surface area contributed by atoms with Crippen LogP contribution in [0, 0.1) is 0 Å². The average molecular weight is 254 g/mol. The SMILES string of the molecule is O=C1c2cncnc2N2CCN=C2N1c1ccc[nH]1. The summed E-state index contributed by atoms with van der Waals surface area (Å²) in [6, 6.07) is 3.69. The molecule has 0 fully saturated rings. The molecule has 2 aliphatic rings. The van der Waals surface area contributed by atoms with E-state index in [-0.39, 0.29) is 5.91 Å². The minimum absolute atomic E-state index is 0.157. The number of guanidine groups is 1. The maximum Gasteiger partial charge on any atom is 0.271 e. The first-order valence-electron chi connectivity index (χ1n) is 5.96. The number of amides is 1. The fraction of sp³-hybridized carbons (Fsp3) is 0.167. The van der Waals surface area contributed by atoms with Gasteiger partial charge in [-0.1, -0.05) is 0 Å². The Morgan fingerprint density at radius 2 is 2.32 bits per heavy atom. The van der Waals surface area contributed by atoms with Crippen LogP contribution in [0.5, 0.6) is 0 Å². The molecule has 0 saturated carbocycles. The smallest absolute Gasteiger partial charge is 0.271 e. The predicted octanol–water partition coefficient (Wildman–Crippen LogP) is 0.641. The second-order valence-corrected chi connectivity index (χ2v) is 4.29. The van der Waals surface area contributed by atoms with E-state index in [2.05, 4.69) is 19.9 Å². The quantitative estimate of drug-likeness (QED) is 0.810. The molecule has 2 aliphatic heterocycles. The number of rotatable bonds is 1. The van der Waals surface area contributed by atoms with Gasteiger partial charge in [-0.3, -0.25) is 14.7 Å². The van der Waals surface area contributed by atoms with Crippen molar-refractivity contribution in [2.24, 2.45) is 4.99 Å². The molecule has 4 heterocycles. The van der Waals surface area contributed by atoms with Gasteiger partial charge in [0.25, 0.3) is 5.91 Å². The molecule has 0 aliphatic carbocycles. The first-order chi connectivity index (χ1) is 9.36. The van der Waals surface area contributed by atoms with Gasteiger partial charge in [-0.2, -0.15) is 0 Å². The minimum Gasteiger partial charge on any atom is -0.348 e. The molecule has 7 heteroatoms. The molecule has 0 radical (unpaired) electrons. The first kappa shape index (κ1) is 10.2. The van der Waals surface area contributed by atoms with Crippen LogP contribution in [0.2, 0.25) is 0 Å². The summed E-state index contributed by atoms with van der Waals surface area (Å²) >= 11 is 0. The van der Waals surface area contributed by atoms with E-state index in [1.165, 1.54) is 6.33 Å². The Morgan fingerprint density at radius 1 is 1.37 bits per heavy atom. The summed E-state index contributed by atoms with van der Waals surface area (Å²) in [6.07, 6.45) is 4.78. The Balaban J connectivity index is 1.93. The number of fused-ring (bicyclic) bond motifs is 3. The van der Waals surface area contributed by atoms with Crippen LogP contribution in [0.25, 0.3) is 0 Å². The van der Waals surface area contributed by atoms with Crippen molar-refractivity contribution in [3.8, 4) is 0 Å². The van der Waals surface area contributed by atoms with Gasteiger partial charge in [0.15, 0.2) is 5.82 Å². The fourth-order valence-electron chi connectivity index (χ4n) is 2.40. The summed E-state index contributed by atoms with van der Waals surface area (Å²) in [7, 11) is 0. The van der Waals surface area contributed by atoms with Crippen LogP contribution in [0.3, 0.4) is 0 Å². The molecule has 0 bridgehead atoms. The Hall–Kier alpha value is -2.70. The van der Waals surface area contributed by atoms with Gasteiger partial charge in [0.05, 0.1) is 6.54 Å². The molecule has 0 spiro atoms. The van der Waals surface area contributed by atoms with Gasteiger partial charge in [0.2, 0.25) is 5.96 Å². The highest BCUT2D eigenvalue weighted by Gasteiger charge is 2.39. The second kappa shape index (κ2) is 3.64. The van der Waals surface area contributed by atoms with Crippen LogP contribution in [-0.4, -0.2) is 39.9 Å². The molecule has 94 valence electrons. The zero-order valence-corrected chi connectivity index (χ0v) is 9.95. The van der Waals surface area contributed by atoms with Gasteiger partial charge >= 0.3 is 0 Å². The van der Waals surface area contributed by atoms with Crippen molar-refractivity contribution in [1.29, 1.82) is 0 Å². The monoisotopic (exact) mass is 254 g/mol. The highest BCUT2D eigenvalue weighted by Crippen LogP contribution is 2.30. The zero-order valence-electron chi connectivity index (χ0n) is 9.95. The second-order valence-electron chi connectivity index (χ2n) is 4.29. The van der Waals surface area contributed by atoms with E-state index in [0.717, 1.165) is 6.54 Å². The molecular weight excluding hydrogens is 244 g/mol. The van der Waals surface area contributed by atoms with E-state index in [4.69, 9.17) is 0 Å². The summed E-state index contributed by atoms with van der Waals surface area (Å²) < 4.78 is 0. The lowest BCUT2D eigenvalue weighted by Crippen LogP contribution is -2.51. The highest BCUT2D eigenvalue weighted by atomic mass is 16.2. The van der Waals surface area contributed by atoms with Crippen molar-refractivity contribution in [3.63, 3.8) is 0 Å². The third-order valence-corrected chi connectivity index (χ3v) is 3.22. The van der Waals surface area contributed by atoms with Gasteiger partial charge in [0.1, 0.15) is 17.7 Å². The maximum absolute atomic E-state index is 12.6. The number of aromatic nitrogens is 3. The lowest BCUT2D eigenvalue weighted by atomic mass is 10.2. The van der Waals surface area contributed by atoms with Crippen molar-refractivity contribution in [1.82, 2.24) is 15.0 Å². The van der Waals surface area contributed by atoms with Gasteiger partial charge in [0, 0.05) is 18.9 Å². The Morgan fingerprint density at radius 3 is 3.16 bits per heavy atom. The Labute approximate surface area is 108 Å². The van der Waals surface area contributed by atoms with Gasteiger partial charge in [-0.15, -0.1) is 0 Å². The first-order valence-corrected chi connectivity index (χ1v) is 5.96. The number of nitrogens with one attached hydrogen (secondary N) is 1. The van der Waals surface area contributed by atoms with Gasteiger partial charge < -0.3 is 4.98 Å². The third-order valence-electron chi connectivity index (χ3n) is 3.22. The van der Waals surface area contributed by atoms with Crippen LogP contribution in [0.1, 0.15) is 10.4 Å². The molecule has 19 heavy (non-hydrogen) atoms. The lowest BCUT2D eigenvalue weighted by Gasteiger charge is -2.33. The molecule has 1 N–H and O–H groups in total. The number of H-pyrrole nitrogens is 1. The van der Waals surface area contributed by atoms with E-state index >= 15 is 0 Å². The van der Waals surface area contributed by atoms with Crippen molar-refractivity contribution in [2.75, 3.05) is 22.9 Å². The third kappa shape index (κ3) is 1.32. The average Bonchev–Trinajstić information content (AvgIpc) is 3.10. The number of aliphatic imine (C=N–C) groups is 1. The molecule has 0 unspecified atom stereocenters. The van der Waals surface area contributed by atoms with Crippen LogP contribution < -0.4 is 9.80 Å². The van der Waals surface area contributed by atoms with Gasteiger partial charge in [-0.05, 0) is 12.1 Å². The summed E-state index contributed by atoms with van der Waals surface area (Å²) in [5.74, 6) is 1.80. The molecule has 2 aromatic heterocycles. The van der Waals surface area contributed by atoms with Crippen LogP contribution >= 0.6 is 0 Å². The van der Waals surface area contributed by atoms with Crippen LogP contribution in [-0.2, 0) is 0 Å². The molecule has 2 aromatic rings. The van der Waals surface area contributed by atoms with Gasteiger partial charge in [-0.25, -0.2) is 14.9 Å². The standard InChI is InChI=1S/C12H10N6O/c19-11-8-6-13-7-16-10(8)17-5-4-15-12(17)18(11)9-2-1-3-14-9/h1-3,6-7,14H,4-5H2. The van der Waals surface area contributed by atoms with E-state index in [1.54, 1.807) is 17.3 Å². The predicted molar refractivity (Wildman–Crippen MR) is 69.3 cm³/mol. The topological polar surface area (TPSA) is 77.5 Å². The number of carbonyl (C=O) groups excluding carboxylic acids is 1.